The van der Waals surface area contributed by atoms with E-state index in [9.17, 15) is 14.7 Å². The van der Waals surface area contributed by atoms with E-state index in [1.54, 1.807) is 12.1 Å². The van der Waals surface area contributed by atoms with Crippen molar-refractivity contribution in [1.29, 1.82) is 0 Å². The van der Waals surface area contributed by atoms with Gasteiger partial charge in [0.2, 0.25) is 5.88 Å². The van der Waals surface area contributed by atoms with E-state index in [0.717, 1.165) is 11.0 Å². The van der Waals surface area contributed by atoms with Crippen LogP contribution in [0.1, 0.15) is 43.1 Å². The summed E-state index contributed by atoms with van der Waals surface area (Å²) in [5, 5.41) is 10.4. The fraction of sp³-hybridized carbons (Fsp3) is 0.250. The maximum absolute atomic E-state index is 12.1. The highest BCUT2D eigenvalue weighted by Gasteiger charge is 2.14. The van der Waals surface area contributed by atoms with Crippen LogP contribution in [0.5, 0.6) is 5.88 Å². The Bertz CT molecular complexity index is 1040. The van der Waals surface area contributed by atoms with Crippen molar-refractivity contribution in [2.45, 2.75) is 32.7 Å². The van der Waals surface area contributed by atoms with E-state index in [0.29, 0.717) is 17.4 Å². The van der Waals surface area contributed by atoms with Crippen molar-refractivity contribution in [2.24, 2.45) is 4.99 Å². The number of rotatable bonds is 6. The molecule has 0 aliphatic carbocycles. The molecule has 0 saturated heterocycles. The molecular formula is C20H21N3O4. The van der Waals surface area contributed by atoms with E-state index in [2.05, 4.69) is 23.8 Å². The van der Waals surface area contributed by atoms with Crippen LogP contribution in [0.15, 0.2) is 61.7 Å². The molecule has 2 N–H and O–H groups in total. The van der Waals surface area contributed by atoms with Crippen LogP contribution >= 0.6 is 0 Å². The maximum atomic E-state index is 12.1. The first-order valence-electron chi connectivity index (χ1n) is 8.72. The van der Waals surface area contributed by atoms with Gasteiger partial charge in [-0.3, -0.25) is 19.3 Å². The van der Waals surface area contributed by atoms with E-state index in [-0.39, 0.29) is 12.1 Å². The minimum absolute atomic E-state index is 0.00110. The molecule has 0 fully saturated rings. The van der Waals surface area contributed by atoms with E-state index >= 15 is 0 Å². The van der Waals surface area contributed by atoms with Gasteiger partial charge in [0.1, 0.15) is 11.3 Å². The molecule has 0 radical (unpaired) electrons. The Morgan fingerprint density at radius 1 is 1.26 bits per heavy atom. The molecule has 7 heteroatoms. The minimum atomic E-state index is -0.719. The van der Waals surface area contributed by atoms with Crippen molar-refractivity contribution in [1.82, 2.24) is 9.55 Å². The first kappa shape index (κ1) is 18.4. The highest BCUT2D eigenvalue weighted by atomic mass is 16.3. The second kappa shape index (κ2) is 7.90. The van der Waals surface area contributed by atoms with Gasteiger partial charge in [-0.05, 0) is 42.2 Å². The second-order valence-electron chi connectivity index (χ2n) is 6.32. The molecule has 0 aliphatic rings. The van der Waals surface area contributed by atoms with Gasteiger partial charge >= 0.3 is 5.69 Å². The summed E-state index contributed by atoms with van der Waals surface area (Å²) in [4.78, 5) is 30.5. The predicted molar refractivity (Wildman–Crippen MR) is 103 cm³/mol. The fourth-order valence-corrected chi connectivity index (χ4v) is 2.66. The van der Waals surface area contributed by atoms with Crippen molar-refractivity contribution < 1.29 is 9.52 Å². The molecule has 1 aromatic carbocycles. The summed E-state index contributed by atoms with van der Waals surface area (Å²) in [7, 11) is 0. The van der Waals surface area contributed by atoms with E-state index < -0.39 is 17.1 Å². The maximum Gasteiger partial charge on any atom is 0.331 e. The molecule has 0 amide bonds. The Morgan fingerprint density at radius 2 is 2.00 bits per heavy atom. The standard InChI is InChI=1S/C20H21N3O4/c1-3-13(2)14-6-8-15(9-7-14)21-11-17-18(24)22-20(26)23(19(17)25)12-16-5-4-10-27-16/h4-11,13,25H,3,12H2,1-2H3,(H,22,24,26)/t13-/m1/s1. The third kappa shape index (κ3) is 4.08. The lowest BCUT2D eigenvalue weighted by molar-refractivity contribution is 0.392. The topological polar surface area (TPSA) is 101 Å². The largest absolute Gasteiger partial charge is 0.494 e. The normalized spacial score (nSPS) is 12.5. The number of nitrogens with zero attached hydrogens (tertiary/aromatic N) is 2. The van der Waals surface area contributed by atoms with Crippen LogP contribution in [0.25, 0.3) is 0 Å². The summed E-state index contributed by atoms with van der Waals surface area (Å²) in [6.07, 6.45) is 3.77. The van der Waals surface area contributed by atoms with E-state index in [1.165, 1.54) is 18.0 Å². The van der Waals surface area contributed by atoms with Gasteiger partial charge in [0.05, 0.1) is 18.5 Å². The van der Waals surface area contributed by atoms with Gasteiger partial charge in [-0.2, -0.15) is 0 Å². The lowest BCUT2D eigenvalue weighted by atomic mass is 9.99. The number of hydrogen-bond donors (Lipinski definition) is 2. The molecule has 140 valence electrons. The Balaban J connectivity index is 1.91. The molecule has 3 aromatic rings. The Labute approximate surface area is 155 Å². The Kier molecular flexibility index (Phi) is 5.40. The van der Waals surface area contributed by atoms with Crippen LogP contribution in [0.3, 0.4) is 0 Å². The number of nitrogens with one attached hydrogen (secondary N) is 1. The quantitative estimate of drug-likeness (QED) is 0.654. The average Bonchev–Trinajstić information content (AvgIpc) is 3.18. The third-order valence-electron chi connectivity index (χ3n) is 4.52. The molecule has 3 rings (SSSR count). The highest BCUT2D eigenvalue weighted by molar-refractivity contribution is 5.84. The minimum Gasteiger partial charge on any atom is -0.494 e. The number of hydrogen-bond acceptors (Lipinski definition) is 5. The van der Waals surface area contributed by atoms with Gasteiger partial charge < -0.3 is 9.52 Å². The van der Waals surface area contributed by atoms with Crippen LogP contribution in [0.2, 0.25) is 0 Å². The van der Waals surface area contributed by atoms with Gasteiger partial charge in [-0.15, -0.1) is 0 Å². The number of benzene rings is 1. The SMILES string of the molecule is CC[C@@H](C)c1ccc(N=Cc2c(O)n(Cc3ccco3)c(=O)[nH]c2=O)cc1. The first-order valence-corrected chi connectivity index (χ1v) is 8.72. The van der Waals surface area contributed by atoms with E-state index in [4.69, 9.17) is 4.42 Å². The smallest absolute Gasteiger partial charge is 0.331 e. The van der Waals surface area contributed by atoms with Crippen LogP contribution in [0, 0.1) is 0 Å². The lowest BCUT2D eigenvalue weighted by Gasteiger charge is -2.09. The lowest BCUT2D eigenvalue weighted by Crippen LogP contribution is -2.32. The predicted octanol–water partition coefficient (Wildman–Crippen LogP) is 3.15. The molecular weight excluding hydrogens is 346 g/mol. The molecule has 0 aliphatic heterocycles. The zero-order valence-corrected chi connectivity index (χ0v) is 15.2. The Morgan fingerprint density at radius 3 is 2.63 bits per heavy atom. The monoisotopic (exact) mass is 367 g/mol. The molecule has 2 heterocycles. The van der Waals surface area contributed by atoms with Crippen LogP contribution in [-0.2, 0) is 6.54 Å². The van der Waals surface area contributed by atoms with Crippen molar-refractivity contribution in [3.63, 3.8) is 0 Å². The van der Waals surface area contributed by atoms with Crippen LogP contribution in [-0.4, -0.2) is 20.9 Å². The number of aromatic hydroxyl groups is 1. The fourth-order valence-electron chi connectivity index (χ4n) is 2.66. The average molecular weight is 367 g/mol. The van der Waals surface area contributed by atoms with Crippen molar-refractivity contribution in [3.05, 3.63) is 80.4 Å². The molecule has 0 unspecified atom stereocenters. The number of aliphatic imine (C=N–C) groups is 1. The number of H-pyrrole nitrogens is 1. The summed E-state index contributed by atoms with van der Waals surface area (Å²) in [6, 6.07) is 11.0. The molecule has 2 aromatic heterocycles. The van der Waals surface area contributed by atoms with Gasteiger partial charge in [0.15, 0.2) is 0 Å². The van der Waals surface area contributed by atoms with Gasteiger partial charge in [-0.1, -0.05) is 26.0 Å². The molecule has 0 spiro atoms. The molecule has 7 nitrogen and oxygen atoms in total. The van der Waals surface area contributed by atoms with Crippen molar-refractivity contribution in [2.75, 3.05) is 0 Å². The molecule has 0 saturated carbocycles. The molecule has 1 atom stereocenters. The summed E-state index contributed by atoms with van der Waals surface area (Å²) in [5.74, 6) is 0.475. The number of furan rings is 1. The van der Waals surface area contributed by atoms with Crippen LogP contribution < -0.4 is 11.2 Å². The zero-order chi connectivity index (χ0) is 19.4. The first-order chi connectivity index (χ1) is 13.0. The summed E-state index contributed by atoms with van der Waals surface area (Å²) in [5.41, 5.74) is 0.345. The zero-order valence-electron chi connectivity index (χ0n) is 15.2. The molecule has 0 bridgehead atoms. The van der Waals surface area contributed by atoms with Crippen molar-refractivity contribution >= 4 is 11.9 Å². The molecule has 27 heavy (non-hydrogen) atoms. The summed E-state index contributed by atoms with van der Waals surface area (Å²) < 4.78 is 6.21. The van der Waals surface area contributed by atoms with Gasteiger partial charge in [0.25, 0.3) is 5.56 Å². The van der Waals surface area contributed by atoms with Crippen molar-refractivity contribution in [3.8, 4) is 5.88 Å². The second-order valence-corrected chi connectivity index (χ2v) is 6.32. The van der Waals surface area contributed by atoms with Gasteiger partial charge in [-0.25, -0.2) is 4.79 Å². The summed E-state index contributed by atoms with van der Waals surface area (Å²) >= 11 is 0. The Hall–Kier alpha value is -3.35. The van der Waals surface area contributed by atoms with Crippen LogP contribution in [0.4, 0.5) is 5.69 Å². The number of aromatic amines is 1. The van der Waals surface area contributed by atoms with Gasteiger partial charge in [0, 0.05) is 6.21 Å². The summed E-state index contributed by atoms with van der Waals surface area (Å²) in [6.45, 7) is 4.28. The third-order valence-corrected chi connectivity index (χ3v) is 4.52. The van der Waals surface area contributed by atoms with E-state index in [1.807, 2.05) is 24.3 Å². The highest BCUT2D eigenvalue weighted by Crippen LogP contribution is 2.22. The number of aromatic nitrogens is 2.